The van der Waals surface area contributed by atoms with E-state index in [0.717, 1.165) is 27.5 Å². The summed E-state index contributed by atoms with van der Waals surface area (Å²) in [6.45, 7) is 8.20. The van der Waals surface area contributed by atoms with Gasteiger partial charge in [-0.2, -0.15) is 0 Å². The first-order valence-electron chi connectivity index (χ1n) is 14.7. The van der Waals surface area contributed by atoms with E-state index in [1.165, 1.54) is 4.31 Å². The summed E-state index contributed by atoms with van der Waals surface area (Å²) in [5, 5.41) is 4.68. The van der Waals surface area contributed by atoms with E-state index in [0.29, 0.717) is 23.4 Å². The summed E-state index contributed by atoms with van der Waals surface area (Å²) in [6.07, 6.45) is 0.766. The first-order chi connectivity index (χ1) is 20.4. The molecule has 1 N–H and O–H groups in total. The van der Waals surface area contributed by atoms with Crippen LogP contribution in [0, 0.1) is 6.92 Å². The van der Waals surface area contributed by atoms with Gasteiger partial charge in [-0.1, -0.05) is 84.4 Å². The second kappa shape index (κ2) is 12.2. The van der Waals surface area contributed by atoms with Crippen molar-refractivity contribution in [2.24, 2.45) is 0 Å². The van der Waals surface area contributed by atoms with Gasteiger partial charge in [0, 0.05) is 36.9 Å². The van der Waals surface area contributed by atoms with Crippen molar-refractivity contribution in [1.29, 1.82) is 0 Å². The molecular weight excluding hydrogens is 558 g/mol. The van der Waals surface area contributed by atoms with Crippen molar-refractivity contribution in [3.8, 4) is 0 Å². The van der Waals surface area contributed by atoms with Gasteiger partial charge in [-0.3, -0.25) is 13.9 Å². The number of hydrogen-bond acceptors (Lipinski definition) is 4. The predicted molar refractivity (Wildman–Crippen MR) is 171 cm³/mol. The van der Waals surface area contributed by atoms with Crippen molar-refractivity contribution >= 4 is 38.3 Å². The zero-order valence-corrected chi connectivity index (χ0v) is 26.0. The number of hydrogen-bond donors (Lipinski definition) is 1. The summed E-state index contributed by atoms with van der Waals surface area (Å²) in [4.78, 5) is 29.8. The van der Waals surface area contributed by atoms with E-state index in [1.807, 2.05) is 107 Å². The quantitative estimate of drug-likeness (QED) is 0.243. The molecule has 4 aromatic carbocycles. The van der Waals surface area contributed by atoms with Crippen molar-refractivity contribution in [2.45, 2.75) is 70.0 Å². The molecule has 0 fully saturated rings. The van der Waals surface area contributed by atoms with Crippen LogP contribution in [0.1, 0.15) is 50.3 Å². The minimum Gasteiger partial charge on any atom is -0.350 e. The van der Waals surface area contributed by atoms with Crippen molar-refractivity contribution < 1.29 is 18.0 Å². The van der Waals surface area contributed by atoms with Crippen LogP contribution in [-0.2, 0) is 32.6 Å². The Balaban J connectivity index is 1.41. The van der Waals surface area contributed by atoms with Gasteiger partial charge >= 0.3 is 0 Å². The summed E-state index contributed by atoms with van der Waals surface area (Å²) in [5.41, 5.74) is 3.11. The number of anilines is 1. The van der Waals surface area contributed by atoms with Gasteiger partial charge in [0.1, 0.15) is 6.04 Å². The molecule has 8 heteroatoms. The van der Waals surface area contributed by atoms with E-state index in [-0.39, 0.29) is 31.3 Å². The van der Waals surface area contributed by atoms with Crippen LogP contribution in [0.25, 0.3) is 10.8 Å². The van der Waals surface area contributed by atoms with Crippen LogP contribution < -0.4 is 9.62 Å². The van der Waals surface area contributed by atoms with Gasteiger partial charge in [-0.05, 0) is 62.8 Å². The zero-order chi connectivity index (χ0) is 30.8. The third-order valence-corrected chi connectivity index (χ3v) is 9.49. The van der Waals surface area contributed by atoms with Crippen LogP contribution >= 0.6 is 0 Å². The number of carbonyl (C=O) groups excluding carboxylic acids is 2. The topological polar surface area (TPSA) is 86.8 Å². The molecule has 2 amide bonds. The minimum atomic E-state index is -3.72. The molecule has 1 aliphatic rings. The number of nitrogens with zero attached hydrogens (tertiary/aromatic N) is 2. The molecule has 0 aliphatic carbocycles. The number of rotatable bonds is 10. The highest BCUT2D eigenvalue weighted by Gasteiger charge is 2.36. The fourth-order valence-corrected chi connectivity index (χ4v) is 7.48. The van der Waals surface area contributed by atoms with E-state index in [4.69, 9.17) is 0 Å². The second-order valence-electron chi connectivity index (χ2n) is 12.3. The number of aryl methyl sites for hydroxylation is 1. The van der Waals surface area contributed by atoms with Gasteiger partial charge in [0.25, 0.3) is 10.0 Å². The smallest absolute Gasteiger partial charge is 0.265 e. The molecule has 0 bridgehead atoms. The number of benzene rings is 4. The summed E-state index contributed by atoms with van der Waals surface area (Å²) < 4.78 is 28.3. The normalized spacial score (nSPS) is 14.5. The molecule has 0 saturated carbocycles. The Bertz CT molecular complexity index is 1740. The number of carbonyl (C=O) groups is 2. The van der Waals surface area contributed by atoms with Gasteiger partial charge in [-0.15, -0.1) is 0 Å². The van der Waals surface area contributed by atoms with Gasteiger partial charge in [0.05, 0.1) is 10.6 Å². The molecule has 0 spiro atoms. The molecule has 1 atom stereocenters. The Morgan fingerprint density at radius 2 is 1.56 bits per heavy atom. The average molecular weight is 598 g/mol. The van der Waals surface area contributed by atoms with Crippen LogP contribution in [0.15, 0.2) is 95.9 Å². The fourth-order valence-electron chi connectivity index (χ4n) is 5.73. The van der Waals surface area contributed by atoms with Crippen LogP contribution in [0.3, 0.4) is 0 Å². The molecule has 4 aromatic rings. The van der Waals surface area contributed by atoms with Crippen molar-refractivity contribution in [1.82, 2.24) is 10.2 Å². The third-order valence-electron chi connectivity index (χ3n) is 7.64. The first-order valence-corrected chi connectivity index (χ1v) is 16.1. The molecule has 0 radical (unpaired) electrons. The van der Waals surface area contributed by atoms with Gasteiger partial charge in [0.15, 0.2) is 0 Å². The molecule has 7 nitrogen and oxygen atoms in total. The lowest BCUT2D eigenvalue weighted by Crippen LogP contribution is -2.54. The standard InChI is InChI=1S/C35H39N3O4S/c1-25-12-8-15-27(22-25)24-37(30(34(40)36-35(2,3)4)23-26-13-6-5-7-14-26)32(39)20-11-21-38-29-18-9-16-28-17-10-19-31(33(28)29)43(38,41)42/h5-10,12-19,22,30H,11,20-21,23-24H2,1-4H3,(H,36,40)/t30-/m1/s1. The lowest BCUT2D eigenvalue weighted by Gasteiger charge is -2.34. The van der Waals surface area contributed by atoms with Crippen LogP contribution in [0.4, 0.5) is 5.69 Å². The Hall–Kier alpha value is -4.17. The number of amides is 2. The lowest BCUT2D eigenvalue weighted by atomic mass is 10.00. The molecule has 5 rings (SSSR count). The third kappa shape index (κ3) is 6.75. The molecule has 0 saturated heterocycles. The largest absolute Gasteiger partial charge is 0.350 e. The Morgan fingerprint density at radius 3 is 2.26 bits per heavy atom. The van der Waals surface area contributed by atoms with Gasteiger partial charge < -0.3 is 10.2 Å². The molecule has 224 valence electrons. The first kappa shape index (κ1) is 30.3. The van der Waals surface area contributed by atoms with Crippen molar-refractivity contribution in [3.63, 3.8) is 0 Å². The van der Waals surface area contributed by atoms with E-state index in [1.54, 1.807) is 17.0 Å². The average Bonchev–Trinajstić information content (AvgIpc) is 3.17. The molecule has 1 heterocycles. The molecule has 0 aromatic heterocycles. The molecular formula is C35H39N3O4S. The monoisotopic (exact) mass is 597 g/mol. The Morgan fingerprint density at radius 1 is 0.884 bits per heavy atom. The predicted octanol–water partition coefficient (Wildman–Crippen LogP) is 5.99. The van der Waals surface area contributed by atoms with Gasteiger partial charge in [-0.25, -0.2) is 8.42 Å². The van der Waals surface area contributed by atoms with Gasteiger partial charge in [0.2, 0.25) is 11.8 Å². The second-order valence-corrected chi connectivity index (χ2v) is 14.1. The summed E-state index contributed by atoms with van der Waals surface area (Å²) in [6, 6.07) is 27.8. The Kier molecular flexibility index (Phi) is 8.60. The van der Waals surface area contributed by atoms with Crippen molar-refractivity contribution in [3.05, 3.63) is 108 Å². The SMILES string of the molecule is Cc1cccc(CN(C(=O)CCCN2c3cccc4cccc(c34)S2(=O)=O)[C@H](Cc2ccccc2)C(=O)NC(C)(C)C)c1. The molecule has 1 aliphatic heterocycles. The van der Waals surface area contributed by atoms with E-state index >= 15 is 0 Å². The minimum absolute atomic E-state index is 0.0955. The van der Waals surface area contributed by atoms with Crippen molar-refractivity contribution in [2.75, 3.05) is 10.8 Å². The van der Waals surface area contributed by atoms with Crippen LogP contribution in [0.2, 0.25) is 0 Å². The van der Waals surface area contributed by atoms with E-state index in [2.05, 4.69) is 5.32 Å². The maximum Gasteiger partial charge on any atom is 0.265 e. The summed E-state index contributed by atoms with van der Waals surface area (Å²) >= 11 is 0. The van der Waals surface area contributed by atoms with E-state index in [9.17, 15) is 18.0 Å². The highest BCUT2D eigenvalue weighted by molar-refractivity contribution is 7.93. The number of nitrogens with one attached hydrogen (secondary N) is 1. The van der Waals surface area contributed by atoms with Crippen LogP contribution in [-0.4, -0.2) is 43.3 Å². The maximum absolute atomic E-state index is 14.1. The molecule has 43 heavy (non-hydrogen) atoms. The summed E-state index contributed by atoms with van der Waals surface area (Å²) in [7, 11) is -3.72. The molecule has 0 unspecified atom stereocenters. The highest BCUT2D eigenvalue weighted by Crippen LogP contribution is 2.42. The van der Waals surface area contributed by atoms with E-state index < -0.39 is 21.6 Å². The maximum atomic E-state index is 14.1. The zero-order valence-electron chi connectivity index (χ0n) is 25.2. The summed E-state index contributed by atoms with van der Waals surface area (Å²) in [5.74, 6) is -0.416. The number of sulfonamides is 1. The Labute approximate surface area is 254 Å². The van der Waals surface area contributed by atoms with Crippen LogP contribution in [0.5, 0.6) is 0 Å². The highest BCUT2D eigenvalue weighted by atomic mass is 32.2. The lowest BCUT2D eigenvalue weighted by molar-refractivity contribution is -0.142. The fraction of sp³-hybridized carbons (Fsp3) is 0.314.